The summed E-state index contributed by atoms with van der Waals surface area (Å²) in [4.78, 5) is 5.86. The van der Waals surface area contributed by atoms with Crippen molar-refractivity contribution in [2.45, 2.75) is 88.4 Å². The Labute approximate surface area is 183 Å². The molecule has 0 amide bonds. The van der Waals surface area contributed by atoms with Gasteiger partial charge in [0, 0.05) is 0 Å². The van der Waals surface area contributed by atoms with Gasteiger partial charge in [-0.2, -0.15) is 0 Å². The molecule has 0 aliphatic heterocycles. The van der Waals surface area contributed by atoms with Crippen LogP contribution in [0.2, 0.25) is 3.43 Å². The molecule has 2 radical (unpaired) electrons. The zero-order chi connectivity index (χ0) is 20.4. The van der Waals surface area contributed by atoms with Crippen molar-refractivity contribution in [1.29, 1.82) is 0 Å². The first kappa shape index (κ1) is 23.8. The molecule has 2 rings (SSSR count). The summed E-state index contributed by atoms with van der Waals surface area (Å²) < 4.78 is 29.0. The van der Waals surface area contributed by atoms with Crippen LogP contribution in [0, 0.1) is 11.6 Å². The Morgan fingerprint density at radius 1 is 0.964 bits per heavy atom. The summed E-state index contributed by atoms with van der Waals surface area (Å²) in [5.74, 6) is -0.981. The first-order chi connectivity index (χ1) is 13.5. The number of aromatic nitrogens is 1. The summed E-state index contributed by atoms with van der Waals surface area (Å²) in [6, 6.07) is 3.86. The maximum absolute atomic E-state index is 14.0. The molecule has 1 heterocycles. The monoisotopic (exact) mass is 513 g/mol. The Hall–Kier alpha value is -0.491. The predicted molar refractivity (Wildman–Crippen MR) is 118 cm³/mol. The molecule has 154 valence electrons. The van der Waals surface area contributed by atoms with Gasteiger partial charge >= 0.3 is 184 Å². The summed E-state index contributed by atoms with van der Waals surface area (Å²) >= 11 is 0.934. The van der Waals surface area contributed by atoms with Crippen LogP contribution in [0.5, 0.6) is 0 Å². The molecule has 0 spiro atoms. The summed E-state index contributed by atoms with van der Waals surface area (Å²) in [5, 5.41) is 0. The molecule has 28 heavy (non-hydrogen) atoms. The third-order valence-electron chi connectivity index (χ3n) is 5.33. The Balaban J connectivity index is 2.14. The Bertz CT molecular complexity index is 695. The number of nitrogens with zero attached hydrogens (tertiary/aromatic N) is 1. The molecule has 0 N–H and O–H groups in total. The number of rotatable bonds is 13. The molecule has 0 aliphatic carbocycles. The van der Waals surface area contributed by atoms with Crippen molar-refractivity contribution >= 4 is 35.5 Å². The van der Waals surface area contributed by atoms with Crippen molar-refractivity contribution in [1.82, 2.24) is 4.98 Å². The van der Waals surface area contributed by atoms with Gasteiger partial charge in [0.15, 0.2) is 0 Å². The van der Waals surface area contributed by atoms with Crippen LogP contribution in [-0.2, 0) is 6.42 Å². The van der Waals surface area contributed by atoms with Crippen LogP contribution in [-0.4, -0.2) is 26.1 Å². The number of thiazole rings is 1. The minimum atomic E-state index is -0.838. The second-order valence-electron chi connectivity index (χ2n) is 7.76. The molecule has 0 fully saturated rings. The first-order valence-electron chi connectivity index (χ1n) is 10.7. The summed E-state index contributed by atoms with van der Waals surface area (Å²) in [6.45, 7) is 6.86. The van der Waals surface area contributed by atoms with Gasteiger partial charge < -0.3 is 0 Å². The van der Waals surface area contributed by atoms with Crippen LogP contribution in [0.15, 0.2) is 24.4 Å². The van der Waals surface area contributed by atoms with Crippen molar-refractivity contribution in [2.75, 3.05) is 0 Å². The van der Waals surface area contributed by atoms with Gasteiger partial charge in [0.25, 0.3) is 0 Å². The topological polar surface area (TPSA) is 12.9 Å². The molecule has 2 aromatic rings. The van der Waals surface area contributed by atoms with Gasteiger partial charge in [-0.3, -0.25) is 0 Å². The van der Waals surface area contributed by atoms with E-state index >= 15 is 0 Å². The van der Waals surface area contributed by atoms with E-state index in [1.165, 1.54) is 66.9 Å². The number of hydrogen-bond donors (Lipinski definition) is 0. The van der Waals surface area contributed by atoms with E-state index in [0.717, 1.165) is 10.9 Å². The van der Waals surface area contributed by atoms with Gasteiger partial charge in [-0.1, -0.05) is 0 Å². The van der Waals surface area contributed by atoms with Crippen molar-refractivity contribution in [3.05, 3.63) is 46.5 Å². The fourth-order valence-electron chi connectivity index (χ4n) is 3.63. The van der Waals surface area contributed by atoms with Gasteiger partial charge in [0.2, 0.25) is 0 Å². The molecule has 5 heteroatoms. The Kier molecular flexibility index (Phi) is 10.4. The van der Waals surface area contributed by atoms with E-state index in [0.29, 0.717) is 15.4 Å². The van der Waals surface area contributed by atoms with E-state index in [1.807, 2.05) is 6.20 Å². The number of unbranched alkanes of at least 4 members (excludes halogenated alkanes) is 3. The zero-order valence-corrected chi connectivity index (χ0v) is 21.2. The molecule has 0 atom stereocenters. The fourth-order valence-corrected chi connectivity index (χ4v) is 11.6. The summed E-state index contributed by atoms with van der Waals surface area (Å²) in [5.41, 5.74) is 0.552. The molecule has 1 aromatic heterocycles. The van der Waals surface area contributed by atoms with E-state index in [9.17, 15) is 8.78 Å². The number of halogens is 2. The molecule has 0 saturated carbocycles. The van der Waals surface area contributed by atoms with Crippen LogP contribution in [0.3, 0.4) is 0 Å². The minimum absolute atomic E-state index is 0.460. The van der Waals surface area contributed by atoms with Crippen molar-refractivity contribution in [2.24, 2.45) is 0 Å². The molecule has 0 saturated heterocycles. The molecule has 0 unspecified atom stereocenters. The molecule has 0 bridgehead atoms. The van der Waals surface area contributed by atoms with E-state index in [2.05, 4.69) is 20.8 Å². The van der Waals surface area contributed by atoms with Gasteiger partial charge in [-0.15, -0.1) is 0 Å². The summed E-state index contributed by atoms with van der Waals surface area (Å²) in [7, 11) is 0. The molecule has 1 nitrogen and oxygen atoms in total. The number of hydrogen-bond acceptors (Lipinski definition) is 2. The van der Waals surface area contributed by atoms with Crippen LogP contribution < -0.4 is 3.02 Å². The van der Waals surface area contributed by atoms with Crippen LogP contribution >= 0.6 is 11.3 Å². The van der Waals surface area contributed by atoms with E-state index in [1.54, 1.807) is 17.4 Å². The van der Waals surface area contributed by atoms with E-state index < -0.39 is 32.8 Å². The third kappa shape index (κ3) is 7.40. The normalized spacial score (nSPS) is 11.9. The van der Waals surface area contributed by atoms with Crippen molar-refractivity contribution in [3.8, 4) is 0 Å². The average molecular weight is 512 g/mol. The van der Waals surface area contributed by atoms with Crippen LogP contribution in [0.4, 0.5) is 8.78 Å². The maximum atomic E-state index is 14.0. The Morgan fingerprint density at radius 2 is 1.57 bits per heavy atom. The first-order valence-corrected chi connectivity index (χ1v) is 14.4. The third-order valence-corrected chi connectivity index (χ3v) is 12.3. The molecular formula is C23H33F2NSSn. The average Bonchev–Trinajstić information content (AvgIpc) is 3.12. The van der Waals surface area contributed by atoms with Gasteiger partial charge in [-0.25, -0.2) is 0 Å². The second-order valence-corrected chi connectivity index (χ2v) is 15.0. The Morgan fingerprint density at radius 3 is 2.11 bits per heavy atom. The SMILES string of the molecule is CCCC[C](CCCC)(CCCC)[Sn][c]1ncc(Cc2ccc(F)cc2F)s1. The van der Waals surface area contributed by atoms with Crippen molar-refractivity contribution in [3.63, 3.8) is 0 Å². The predicted octanol–water partition coefficient (Wildman–Crippen LogP) is 7.07. The number of benzene rings is 1. The second kappa shape index (κ2) is 12.3. The quantitative estimate of drug-likeness (QED) is 0.262. The van der Waals surface area contributed by atoms with Gasteiger partial charge in [0.1, 0.15) is 0 Å². The molecule has 1 aromatic carbocycles. The van der Waals surface area contributed by atoms with Gasteiger partial charge in [-0.05, 0) is 0 Å². The fraction of sp³-hybridized carbons (Fsp3) is 0.609. The summed E-state index contributed by atoms with van der Waals surface area (Å²) in [6.07, 6.45) is 14.2. The molecule has 0 aliphatic rings. The van der Waals surface area contributed by atoms with Crippen LogP contribution in [0.1, 0.15) is 89.0 Å². The zero-order valence-electron chi connectivity index (χ0n) is 17.5. The molecular weight excluding hydrogens is 479 g/mol. The van der Waals surface area contributed by atoms with E-state index in [4.69, 9.17) is 4.98 Å². The van der Waals surface area contributed by atoms with Crippen molar-refractivity contribution < 1.29 is 8.78 Å². The standard InChI is InChI=1S/C13H27.C10H6F2NS.Sn/c1-4-7-10-13(11-8-5-2)12-9-6-3;11-8-2-1-7(10(12)4-8)3-9-5-13-6-14-9;/h4-12H2,1-3H3;1-2,4-5H,3H2;. The van der Waals surface area contributed by atoms with Gasteiger partial charge in [0.05, 0.1) is 0 Å². The van der Waals surface area contributed by atoms with E-state index in [-0.39, 0.29) is 0 Å². The van der Waals surface area contributed by atoms with Crippen LogP contribution in [0.25, 0.3) is 0 Å².